The molecule has 0 aliphatic carbocycles. The molecule has 0 saturated heterocycles. The van der Waals surface area contributed by atoms with Crippen LogP contribution in [0.3, 0.4) is 0 Å². The molecular formula is C22H31IN4O3. The van der Waals surface area contributed by atoms with Gasteiger partial charge in [-0.2, -0.15) is 0 Å². The van der Waals surface area contributed by atoms with Gasteiger partial charge >= 0.3 is 0 Å². The summed E-state index contributed by atoms with van der Waals surface area (Å²) in [6, 6.07) is 12.4. The lowest BCUT2D eigenvalue weighted by Gasteiger charge is -2.15. The van der Waals surface area contributed by atoms with Crippen molar-refractivity contribution in [1.82, 2.24) is 10.6 Å². The van der Waals surface area contributed by atoms with Gasteiger partial charge in [0.25, 0.3) is 0 Å². The van der Waals surface area contributed by atoms with E-state index in [1.807, 2.05) is 45.9 Å². The summed E-state index contributed by atoms with van der Waals surface area (Å²) in [6.07, 6.45) is 0.0782. The third-order valence-electron chi connectivity index (χ3n) is 3.90. The van der Waals surface area contributed by atoms with Crippen molar-refractivity contribution in [3.8, 4) is 11.5 Å². The molecule has 8 heteroatoms. The zero-order valence-corrected chi connectivity index (χ0v) is 20.2. The molecular weight excluding hydrogens is 495 g/mol. The SMILES string of the molecule is CCNC(=NCc1ccc(C)cc1OC(C)C)NCC(=O)Nc1ccc(O)cc1.I. The lowest BCUT2D eigenvalue weighted by molar-refractivity contribution is -0.115. The number of aryl methyl sites for hydroxylation is 1. The van der Waals surface area contributed by atoms with Crippen LogP contribution in [0.4, 0.5) is 5.69 Å². The molecule has 0 bridgehead atoms. The van der Waals surface area contributed by atoms with Crippen molar-refractivity contribution in [3.63, 3.8) is 0 Å². The molecule has 0 unspecified atom stereocenters. The Bertz CT molecular complexity index is 839. The molecule has 4 N–H and O–H groups in total. The quantitative estimate of drug-likeness (QED) is 0.182. The number of aliphatic imine (C=N–C) groups is 1. The van der Waals surface area contributed by atoms with E-state index in [2.05, 4.69) is 20.9 Å². The molecule has 0 saturated carbocycles. The summed E-state index contributed by atoms with van der Waals surface area (Å²) in [7, 11) is 0. The summed E-state index contributed by atoms with van der Waals surface area (Å²) in [5.41, 5.74) is 2.73. The number of guanidine groups is 1. The van der Waals surface area contributed by atoms with Gasteiger partial charge < -0.3 is 25.8 Å². The van der Waals surface area contributed by atoms with E-state index in [1.54, 1.807) is 12.1 Å². The van der Waals surface area contributed by atoms with Crippen LogP contribution in [0.15, 0.2) is 47.5 Å². The monoisotopic (exact) mass is 526 g/mol. The molecule has 2 aromatic carbocycles. The Morgan fingerprint density at radius 1 is 1.13 bits per heavy atom. The average Bonchev–Trinajstić information content (AvgIpc) is 2.66. The van der Waals surface area contributed by atoms with Crippen molar-refractivity contribution in [2.24, 2.45) is 4.99 Å². The van der Waals surface area contributed by atoms with Gasteiger partial charge in [0.15, 0.2) is 5.96 Å². The number of aromatic hydroxyl groups is 1. The highest BCUT2D eigenvalue weighted by molar-refractivity contribution is 14.0. The van der Waals surface area contributed by atoms with Crippen LogP contribution in [-0.2, 0) is 11.3 Å². The fourth-order valence-corrected chi connectivity index (χ4v) is 2.58. The summed E-state index contributed by atoms with van der Waals surface area (Å²) < 4.78 is 5.90. The van der Waals surface area contributed by atoms with E-state index < -0.39 is 0 Å². The van der Waals surface area contributed by atoms with Crippen LogP contribution in [0.5, 0.6) is 11.5 Å². The van der Waals surface area contributed by atoms with Crippen LogP contribution < -0.4 is 20.7 Å². The minimum Gasteiger partial charge on any atom is -0.508 e. The van der Waals surface area contributed by atoms with E-state index in [0.717, 1.165) is 16.9 Å². The summed E-state index contributed by atoms with van der Waals surface area (Å²) in [5.74, 6) is 1.31. The van der Waals surface area contributed by atoms with E-state index in [1.165, 1.54) is 12.1 Å². The lowest BCUT2D eigenvalue weighted by Crippen LogP contribution is -2.41. The molecule has 164 valence electrons. The fourth-order valence-electron chi connectivity index (χ4n) is 2.58. The topological polar surface area (TPSA) is 95.0 Å². The number of nitrogens with one attached hydrogen (secondary N) is 3. The molecule has 7 nitrogen and oxygen atoms in total. The minimum atomic E-state index is -0.208. The summed E-state index contributed by atoms with van der Waals surface area (Å²) in [4.78, 5) is 16.7. The highest BCUT2D eigenvalue weighted by Crippen LogP contribution is 2.22. The van der Waals surface area contributed by atoms with Crippen molar-refractivity contribution >= 4 is 41.5 Å². The van der Waals surface area contributed by atoms with Gasteiger partial charge in [-0.15, -0.1) is 24.0 Å². The smallest absolute Gasteiger partial charge is 0.243 e. The highest BCUT2D eigenvalue weighted by atomic mass is 127. The molecule has 0 atom stereocenters. The van der Waals surface area contributed by atoms with Crippen molar-refractivity contribution in [3.05, 3.63) is 53.6 Å². The Balaban J connectivity index is 0.00000450. The zero-order valence-electron chi connectivity index (χ0n) is 17.9. The number of phenols is 1. The second-order valence-corrected chi connectivity index (χ2v) is 6.92. The van der Waals surface area contributed by atoms with Crippen molar-refractivity contribution in [1.29, 1.82) is 0 Å². The van der Waals surface area contributed by atoms with Crippen LogP contribution in [-0.4, -0.2) is 36.2 Å². The average molecular weight is 526 g/mol. The fraction of sp³-hybridized carbons (Fsp3) is 0.364. The van der Waals surface area contributed by atoms with E-state index in [0.29, 0.717) is 24.7 Å². The predicted molar refractivity (Wildman–Crippen MR) is 132 cm³/mol. The Hall–Kier alpha value is -2.49. The molecule has 0 radical (unpaired) electrons. The van der Waals surface area contributed by atoms with Crippen LogP contribution in [0.25, 0.3) is 0 Å². The Morgan fingerprint density at radius 2 is 1.83 bits per heavy atom. The summed E-state index contributed by atoms with van der Waals surface area (Å²) >= 11 is 0. The normalized spacial score (nSPS) is 10.9. The van der Waals surface area contributed by atoms with Crippen molar-refractivity contribution < 1.29 is 14.6 Å². The lowest BCUT2D eigenvalue weighted by atomic mass is 10.1. The highest BCUT2D eigenvalue weighted by Gasteiger charge is 2.08. The largest absolute Gasteiger partial charge is 0.508 e. The number of carbonyl (C=O) groups excluding carboxylic acids is 1. The first kappa shape index (κ1) is 25.5. The van der Waals surface area contributed by atoms with Crippen molar-refractivity contribution in [2.75, 3.05) is 18.4 Å². The number of hydrogen-bond acceptors (Lipinski definition) is 4. The van der Waals surface area contributed by atoms with E-state index in [4.69, 9.17) is 4.74 Å². The van der Waals surface area contributed by atoms with Gasteiger partial charge in [0.05, 0.1) is 19.2 Å². The molecule has 2 rings (SSSR count). The zero-order chi connectivity index (χ0) is 21.2. The van der Waals surface area contributed by atoms with Gasteiger partial charge in [-0.25, -0.2) is 4.99 Å². The number of anilines is 1. The second kappa shape index (κ2) is 12.9. The molecule has 0 spiro atoms. The minimum absolute atomic E-state index is 0. The molecule has 0 heterocycles. The van der Waals surface area contributed by atoms with Gasteiger partial charge in [0.1, 0.15) is 11.5 Å². The number of ether oxygens (including phenoxy) is 1. The number of hydrogen-bond donors (Lipinski definition) is 4. The molecule has 0 aliphatic rings. The Labute approximate surface area is 195 Å². The number of amides is 1. The number of rotatable bonds is 8. The third kappa shape index (κ3) is 8.89. The van der Waals surface area contributed by atoms with Gasteiger partial charge in [0.2, 0.25) is 5.91 Å². The van der Waals surface area contributed by atoms with Gasteiger partial charge in [-0.3, -0.25) is 4.79 Å². The maximum absolute atomic E-state index is 12.2. The number of carbonyl (C=O) groups is 1. The van der Waals surface area contributed by atoms with E-state index in [-0.39, 0.29) is 48.3 Å². The van der Waals surface area contributed by atoms with Crippen LogP contribution in [0.1, 0.15) is 31.9 Å². The van der Waals surface area contributed by atoms with E-state index >= 15 is 0 Å². The maximum Gasteiger partial charge on any atom is 0.243 e. The number of halogens is 1. The maximum atomic E-state index is 12.2. The Morgan fingerprint density at radius 3 is 2.47 bits per heavy atom. The summed E-state index contributed by atoms with van der Waals surface area (Å²) in [6.45, 7) is 9.15. The first-order valence-corrected chi connectivity index (χ1v) is 9.74. The van der Waals surface area contributed by atoms with Crippen LogP contribution in [0.2, 0.25) is 0 Å². The molecule has 0 aliphatic heterocycles. The Kier molecular flexibility index (Phi) is 11.0. The molecule has 30 heavy (non-hydrogen) atoms. The summed E-state index contributed by atoms with van der Waals surface area (Å²) in [5, 5.41) is 18.2. The van der Waals surface area contributed by atoms with E-state index in [9.17, 15) is 9.90 Å². The first-order valence-electron chi connectivity index (χ1n) is 9.74. The van der Waals surface area contributed by atoms with Crippen molar-refractivity contribution in [2.45, 2.75) is 40.3 Å². The standard InChI is InChI=1S/C22H30N4O3.HI/c1-5-23-22(25-14-21(28)26-18-8-10-19(27)11-9-18)24-13-17-7-6-16(4)12-20(17)29-15(2)3;/h6-12,15,27H,5,13-14H2,1-4H3,(H,26,28)(H2,23,24,25);1H. The second-order valence-electron chi connectivity index (χ2n) is 6.92. The molecule has 1 amide bonds. The molecule has 0 aromatic heterocycles. The number of benzene rings is 2. The number of phenolic OH excluding ortho intramolecular Hbond substituents is 1. The van der Waals surface area contributed by atoms with Gasteiger partial charge in [-0.1, -0.05) is 12.1 Å². The van der Waals surface area contributed by atoms with Gasteiger partial charge in [-0.05, 0) is 63.6 Å². The number of nitrogens with zero attached hydrogens (tertiary/aromatic N) is 1. The van der Waals surface area contributed by atoms with Gasteiger partial charge in [0, 0.05) is 17.8 Å². The molecule has 0 fully saturated rings. The molecule has 2 aromatic rings. The first-order chi connectivity index (χ1) is 13.9. The van der Waals surface area contributed by atoms with Crippen LogP contribution in [0, 0.1) is 6.92 Å². The predicted octanol–water partition coefficient (Wildman–Crippen LogP) is 3.80. The third-order valence-corrected chi connectivity index (χ3v) is 3.90. The van der Waals surface area contributed by atoms with Crippen LogP contribution >= 0.6 is 24.0 Å².